The fourth-order valence-electron chi connectivity index (χ4n) is 2.07. The van der Waals surface area contributed by atoms with Gasteiger partial charge < -0.3 is 0 Å². The van der Waals surface area contributed by atoms with Gasteiger partial charge >= 0.3 is 0 Å². The largest absolute Gasteiger partial charge is 0.272 e. The van der Waals surface area contributed by atoms with Crippen molar-refractivity contribution in [2.75, 3.05) is 0 Å². The molecule has 2 rings (SSSR count). The summed E-state index contributed by atoms with van der Waals surface area (Å²) >= 11 is 0. The van der Waals surface area contributed by atoms with Crippen molar-refractivity contribution in [3.05, 3.63) is 41.9 Å². The summed E-state index contributed by atoms with van der Waals surface area (Å²) in [6.45, 7) is 10.5. The monoisotopic (exact) mass is 255 g/mol. The third-order valence-corrected chi connectivity index (χ3v) is 3.59. The van der Waals surface area contributed by atoms with Gasteiger partial charge in [0.2, 0.25) is 0 Å². The van der Waals surface area contributed by atoms with Crippen LogP contribution < -0.4 is 0 Å². The van der Waals surface area contributed by atoms with Gasteiger partial charge in [-0.25, -0.2) is 0 Å². The van der Waals surface area contributed by atoms with Gasteiger partial charge in [0, 0.05) is 24.0 Å². The topological polar surface area (TPSA) is 30.7 Å². The quantitative estimate of drug-likeness (QED) is 0.832. The Morgan fingerprint density at radius 2 is 2.05 bits per heavy atom. The van der Waals surface area contributed by atoms with Gasteiger partial charge in [0.1, 0.15) is 0 Å². The van der Waals surface area contributed by atoms with Gasteiger partial charge in [-0.05, 0) is 43.0 Å². The Kier molecular flexibility index (Phi) is 3.84. The van der Waals surface area contributed by atoms with Gasteiger partial charge in [-0.1, -0.05) is 20.4 Å². The van der Waals surface area contributed by atoms with Gasteiger partial charge in [-0.2, -0.15) is 5.10 Å². The minimum atomic E-state index is 0.928. The molecule has 0 saturated carbocycles. The van der Waals surface area contributed by atoms with Crippen LogP contribution in [0.5, 0.6) is 0 Å². The van der Waals surface area contributed by atoms with E-state index in [4.69, 9.17) is 4.98 Å². The molecule has 0 aromatic carbocycles. The molecule has 3 nitrogen and oxygen atoms in total. The van der Waals surface area contributed by atoms with E-state index in [1.807, 2.05) is 17.9 Å². The maximum atomic E-state index is 4.72. The van der Waals surface area contributed by atoms with Crippen molar-refractivity contribution in [3.8, 4) is 11.3 Å². The zero-order valence-corrected chi connectivity index (χ0v) is 12.2. The smallest absolute Gasteiger partial charge is 0.0745 e. The van der Waals surface area contributed by atoms with Crippen molar-refractivity contribution in [3.63, 3.8) is 0 Å². The number of pyridine rings is 1. The molecule has 100 valence electrons. The van der Waals surface area contributed by atoms with Crippen molar-refractivity contribution in [1.29, 1.82) is 0 Å². The first kappa shape index (κ1) is 13.5. The van der Waals surface area contributed by atoms with Crippen LogP contribution in [0.1, 0.15) is 37.2 Å². The zero-order chi connectivity index (χ0) is 14.0. The van der Waals surface area contributed by atoms with Crippen molar-refractivity contribution < 1.29 is 0 Å². The molecule has 0 amide bonds. The van der Waals surface area contributed by atoms with E-state index in [0.29, 0.717) is 0 Å². The molecule has 0 unspecified atom stereocenters. The molecule has 2 aromatic rings. The number of hydrogen-bond donors (Lipinski definition) is 0. The summed E-state index contributed by atoms with van der Waals surface area (Å²) in [5.74, 6) is 0. The molecule has 2 aromatic heterocycles. The molecule has 0 aliphatic rings. The first-order valence-electron chi connectivity index (χ1n) is 6.74. The molecule has 0 atom stereocenters. The van der Waals surface area contributed by atoms with E-state index >= 15 is 0 Å². The minimum absolute atomic E-state index is 0.928. The lowest BCUT2D eigenvalue weighted by atomic mass is 10.0. The minimum Gasteiger partial charge on any atom is -0.272 e. The van der Waals surface area contributed by atoms with E-state index in [0.717, 1.165) is 41.1 Å². The highest BCUT2D eigenvalue weighted by Gasteiger charge is 2.11. The predicted octanol–water partition coefficient (Wildman–Crippen LogP) is 3.78. The first-order chi connectivity index (χ1) is 9.06. The molecular formula is C16H21N3. The SMILES string of the molecule is C=C(CC)c1cc(CC)nc(-c2cnn(C)c2C)c1. The fraction of sp³-hybridized carbons (Fsp3) is 0.375. The summed E-state index contributed by atoms with van der Waals surface area (Å²) in [6, 6.07) is 4.26. The lowest BCUT2D eigenvalue weighted by Crippen LogP contribution is -1.96. The predicted molar refractivity (Wildman–Crippen MR) is 79.9 cm³/mol. The summed E-state index contributed by atoms with van der Waals surface area (Å²) < 4.78 is 1.88. The van der Waals surface area contributed by atoms with Crippen LogP contribution in [0.3, 0.4) is 0 Å². The lowest BCUT2D eigenvalue weighted by Gasteiger charge is -2.09. The highest BCUT2D eigenvalue weighted by Crippen LogP contribution is 2.26. The molecular weight excluding hydrogens is 234 g/mol. The van der Waals surface area contributed by atoms with Crippen molar-refractivity contribution >= 4 is 5.57 Å². The van der Waals surface area contributed by atoms with Crippen LogP contribution in [-0.2, 0) is 13.5 Å². The van der Waals surface area contributed by atoms with Gasteiger partial charge in [0.15, 0.2) is 0 Å². The Morgan fingerprint density at radius 3 is 2.58 bits per heavy atom. The molecule has 0 saturated heterocycles. The summed E-state index contributed by atoms with van der Waals surface area (Å²) in [6.07, 6.45) is 3.77. The third-order valence-electron chi connectivity index (χ3n) is 3.59. The number of nitrogens with zero attached hydrogens (tertiary/aromatic N) is 3. The average molecular weight is 255 g/mol. The second kappa shape index (κ2) is 5.39. The van der Waals surface area contributed by atoms with Crippen LogP contribution in [0.25, 0.3) is 16.8 Å². The second-order valence-corrected chi connectivity index (χ2v) is 4.81. The van der Waals surface area contributed by atoms with E-state index < -0.39 is 0 Å². The molecule has 0 radical (unpaired) electrons. The summed E-state index contributed by atoms with van der Waals surface area (Å²) in [5.41, 5.74) is 6.67. The van der Waals surface area contributed by atoms with Gasteiger partial charge in [-0.15, -0.1) is 0 Å². The second-order valence-electron chi connectivity index (χ2n) is 4.81. The normalized spacial score (nSPS) is 10.7. The van der Waals surface area contributed by atoms with E-state index in [9.17, 15) is 0 Å². The van der Waals surface area contributed by atoms with Gasteiger partial charge in [0.25, 0.3) is 0 Å². The fourth-order valence-corrected chi connectivity index (χ4v) is 2.07. The van der Waals surface area contributed by atoms with E-state index in [-0.39, 0.29) is 0 Å². The molecule has 2 heterocycles. The Bertz CT molecular complexity index is 608. The van der Waals surface area contributed by atoms with Crippen LogP contribution in [-0.4, -0.2) is 14.8 Å². The van der Waals surface area contributed by atoms with Crippen molar-refractivity contribution in [2.24, 2.45) is 7.05 Å². The zero-order valence-electron chi connectivity index (χ0n) is 12.2. The lowest BCUT2D eigenvalue weighted by molar-refractivity contribution is 0.740. The molecule has 3 heteroatoms. The van der Waals surface area contributed by atoms with Crippen LogP contribution in [0.2, 0.25) is 0 Å². The Labute approximate surface area is 115 Å². The molecule has 0 aliphatic heterocycles. The Balaban J connectivity index is 2.57. The molecule has 0 spiro atoms. The highest BCUT2D eigenvalue weighted by atomic mass is 15.3. The standard InChI is InChI=1S/C16H21N3/c1-6-11(3)13-8-14(7-2)18-16(9-13)15-10-17-19(5)12(15)4/h8-10H,3,6-7H2,1-2,4-5H3. The number of hydrogen-bond acceptors (Lipinski definition) is 2. The van der Waals surface area contributed by atoms with Crippen LogP contribution in [0, 0.1) is 6.92 Å². The molecule has 0 fully saturated rings. The van der Waals surface area contributed by atoms with Crippen LogP contribution in [0.15, 0.2) is 24.9 Å². The summed E-state index contributed by atoms with van der Waals surface area (Å²) in [4.78, 5) is 4.72. The maximum absolute atomic E-state index is 4.72. The summed E-state index contributed by atoms with van der Waals surface area (Å²) in [7, 11) is 1.95. The third kappa shape index (κ3) is 2.60. The first-order valence-corrected chi connectivity index (χ1v) is 6.74. The van der Waals surface area contributed by atoms with Crippen molar-refractivity contribution in [1.82, 2.24) is 14.8 Å². The maximum Gasteiger partial charge on any atom is 0.0745 e. The van der Waals surface area contributed by atoms with E-state index in [1.54, 1.807) is 0 Å². The number of aromatic nitrogens is 3. The van der Waals surface area contributed by atoms with Crippen LogP contribution >= 0.6 is 0 Å². The average Bonchev–Trinajstić information content (AvgIpc) is 2.77. The molecule has 0 bridgehead atoms. The molecule has 0 N–H and O–H groups in total. The summed E-state index contributed by atoms with van der Waals surface area (Å²) in [5, 5.41) is 4.30. The van der Waals surface area contributed by atoms with Crippen LogP contribution in [0.4, 0.5) is 0 Å². The highest BCUT2D eigenvalue weighted by molar-refractivity contribution is 5.70. The number of aryl methyl sites for hydroxylation is 2. The Hall–Kier alpha value is -1.90. The molecule has 0 aliphatic carbocycles. The number of rotatable bonds is 4. The Morgan fingerprint density at radius 1 is 1.32 bits per heavy atom. The van der Waals surface area contributed by atoms with Gasteiger partial charge in [-0.3, -0.25) is 9.67 Å². The van der Waals surface area contributed by atoms with Gasteiger partial charge in [0.05, 0.1) is 11.9 Å². The number of allylic oxidation sites excluding steroid dienone is 1. The van der Waals surface area contributed by atoms with E-state index in [2.05, 4.69) is 44.6 Å². The molecule has 19 heavy (non-hydrogen) atoms. The van der Waals surface area contributed by atoms with Crippen molar-refractivity contribution in [2.45, 2.75) is 33.6 Å². The van der Waals surface area contributed by atoms with E-state index in [1.165, 1.54) is 5.56 Å².